The summed E-state index contributed by atoms with van der Waals surface area (Å²) in [5.41, 5.74) is 3.57. The molecular weight excluding hydrogens is 549 g/mol. The molecule has 2 heterocycles. The first kappa shape index (κ1) is 24.5. The summed E-state index contributed by atoms with van der Waals surface area (Å²) in [6.45, 7) is 8.00. The van der Waals surface area contributed by atoms with Gasteiger partial charge in [-0.05, 0) is 28.7 Å². The number of morpholine rings is 1. The predicted octanol–water partition coefficient (Wildman–Crippen LogP) is 4.50. The van der Waals surface area contributed by atoms with Crippen molar-refractivity contribution in [3.8, 4) is 33.9 Å². The van der Waals surface area contributed by atoms with E-state index in [0.29, 0.717) is 21.2 Å². The van der Waals surface area contributed by atoms with Crippen molar-refractivity contribution >= 4 is 28.5 Å². The molecule has 180 valence electrons. The normalized spacial score (nSPS) is 14.5. The number of carbonyl (C=O) groups is 1. The average Bonchev–Trinajstić information content (AvgIpc) is 3.25. The second kappa shape index (κ2) is 10.7. The van der Waals surface area contributed by atoms with Gasteiger partial charge in [0.1, 0.15) is 11.5 Å². The molecule has 0 unspecified atom stereocenters. The van der Waals surface area contributed by atoms with E-state index < -0.39 is 0 Å². The predicted molar refractivity (Wildman–Crippen MR) is 137 cm³/mol. The Morgan fingerprint density at radius 2 is 1.85 bits per heavy atom. The van der Waals surface area contributed by atoms with E-state index in [2.05, 4.69) is 38.0 Å². The van der Waals surface area contributed by atoms with E-state index >= 15 is 0 Å². The summed E-state index contributed by atoms with van der Waals surface area (Å²) in [6.07, 6.45) is 0. The smallest absolute Gasteiger partial charge is 0.274 e. The van der Waals surface area contributed by atoms with Crippen LogP contribution in [0.5, 0.6) is 11.5 Å². The molecule has 0 radical (unpaired) electrons. The number of rotatable bonds is 7. The minimum atomic E-state index is -0.362. The van der Waals surface area contributed by atoms with Gasteiger partial charge in [-0.1, -0.05) is 65.9 Å². The summed E-state index contributed by atoms with van der Waals surface area (Å²) in [4.78, 5) is 15.1. The number of carbonyl (C=O) groups excluding carboxylic acids is 1. The highest BCUT2D eigenvalue weighted by atomic mass is 127. The molecule has 0 atom stereocenters. The van der Waals surface area contributed by atoms with Crippen LogP contribution in [0.1, 0.15) is 41.4 Å². The van der Waals surface area contributed by atoms with Gasteiger partial charge in [0.15, 0.2) is 11.5 Å². The van der Waals surface area contributed by atoms with Gasteiger partial charge < -0.3 is 24.8 Å². The number of benzene rings is 2. The molecule has 2 aromatic carbocycles. The van der Waals surface area contributed by atoms with Crippen LogP contribution in [0.3, 0.4) is 0 Å². The Kier molecular flexibility index (Phi) is 7.74. The SMILES string of the molecule is CC(C)c1cc(-c2onc(C(=O)NCI)c2-c2ccc(CN3CCOCC3)cc2)c(O)cc1O. The molecule has 0 aliphatic carbocycles. The molecule has 1 fully saturated rings. The summed E-state index contributed by atoms with van der Waals surface area (Å²) in [5, 5.41) is 27.7. The molecule has 0 bridgehead atoms. The molecule has 3 aromatic rings. The quantitative estimate of drug-likeness (QED) is 0.216. The zero-order valence-electron chi connectivity index (χ0n) is 19.2. The van der Waals surface area contributed by atoms with Crippen LogP contribution in [0.25, 0.3) is 22.5 Å². The van der Waals surface area contributed by atoms with Crippen molar-refractivity contribution in [2.24, 2.45) is 0 Å². The lowest BCUT2D eigenvalue weighted by Crippen LogP contribution is -2.35. The highest BCUT2D eigenvalue weighted by Crippen LogP contribution is 2.43. The van der Waals surface area contributed by atoms with E-state index in [9.17, 15) is 15.0 Å². The van der Waals surface area contributed by atoms with Crippen LogP contribution in [-0.2, 0) is 11.3 Å². The van der Waals surface area contributed by atoms with Crippen LogP contribution in [0.15, 0.2) is 40.9 Å². The Bertz CT molecular complexity index is 1150. The Hall–Kier alpha value is -2.63. The third-order valence-electron chi connectivity index (χ3n) is 5.90. The van der Waals surface area contributed by atoms with Crippen LogP contribution < -0.4 is 5.32 Å². The second-order valence-corrected chi connectivity index (χ2v) is 9.31. The minimum absolute atomic E-state index is 0.00709. The lowest BCUT2D eigenvalue weighted by atomic mass is 9.94. The van der Waals surface area contributed by atoms with Gasteiger partial charge in [-0.2, -0.15) is 0 Å². The van der Waals surface area contributed by atoms with Crippen molar-refractivity contribution in [3.05, 3.63) is 53.2 Å². The van der Waals surface area contributed by atoms with Crippen molar-refractivity contribution in [1.82, 2.24) is 15.4 Å². The number of aromatic hydroxyl groups is 2. The lowest BCUT2D eigenvalue weighted by molar-refractivity contribution is 0.0342. The number of nitrogens with one attached hydrogen (secondary N) is 1. The molecule has 4 rings (SSSR count). The van der Waals surface area contributed by atoms with Crippen molar-refractivity contribution < 1.29 is 24.3 Å². The van der Waals surface area contributed by atoms with E-state index in [1.807, 2.05) is 38.1 Å². The first-order valence-electron chi connectivity index (χ1n) is 11.2. The van der Waals surface area contributed by atoms with Gasteiger partial charge in [0.2, 0.25) is 0 Å². The van der Waals surface area contributed by atoms with Crippen LogP contribution in [-0.4, -0.2) is 57.0 Å². The third-order valence-corrected chi connectivity index (χ3v) is 6.28. The summed E-state index contributed by atoms with van der Waals surface area (Å²) in [5.74, 6) is -0.207. The fraction of sp³-hybridized carbons (Fsp3) is 0.360. The summed E-state index contributed by atoms with van der Waals surface area (Å²) < 4.78 is 11.5. The lowest BCUT2D eigenvalue weighted by Gasteiger charge is -2.26. The summed E-state index contributed by atoms with van der Waals surface area (Å²) in [7, 11) is 0. The van der Waals surface area contributed by atoms with Gasteiger partial charge in [0.05, 0.1) is 28.9 Å². The van der Waals surface area contributed by atoms with Gasteiger partial charge in [-0.25, -0.2) is 0 Å². The van der Waals surface area contributed by atoms with E-state index in [1.54, 1.807) is 6.07 Å². The van der Waals surface area contributed by atoms with Gasteiger partial charge in [-0.3, -0.25) is 9.69 Å². The molecule has 1 saturated heterocycles. The Balaban J connectivity index is 1.76. The number of phenols is 2. The largest absolute Gasteiger partial charge is 0.508 e. The standard InChI is InChI=1S/C25H28IN3O5/c1-15(2)18-11-19(21(31)12-20(18)30)24-22(23(28-34-24)25(32)27-14-26)17-5-3-16(4-6-17)13-29-7-9-33-10-8-29/h3-6,11-12,15,30-31H,7-10,13-14H2,1-2H3,(H,27,32). The van der Waals surface area contributed by atoms with E-state index in [4.69, 9.17) is 9.26 Å². The maximum atomic E-state index is 12.8. The topological polar surface area (TPSA) is 108 Å². The Labute approximate surface area is 212 Å². The first-order valence-corrected chi connectivity index (χ1v) is 12.7. The molecular formula is C25H28IN3O5. The number of nitrogens with zero attached hydrogens (tertiary/aromatic N) is 2. The minimum Gasteiger partial charge on any atom is -0.508 e. The highest BCUT2D eigenvalue weighted by Gasteiger charge is 2.27. The summed E-state index contributed by atoms with van der Waals surface area (Å²) in [6, 6.07) is 10.9. The first-order chi connectivity index (χ1) is 16.4. The van der Waals surface area contributed by atoms with Gasteiger partial charge in [0, 0.05) is 25.7 Å². The molecule has 1 aromatic heterocycles. The fourth-order valence-corrected chi connectivity index (χ4v) is 4.42. The van der Waals surface area contributed by atoms with Gasteiger partial charge in [0.25, 0.3) is 5.91 Å². The number of phenolic OH excluding ortho intramolecular Hbond substituents is 2. The number of ether oxygens (including phenoxy) is 1. The fourth-order valence-electron chi connectivity index (χ4n) is 4.07. The van der Waals surface area contributed by atoms with Crippen molar-refractivity contribution in [3.63, 3.8) is 0 Å². The van der Waals surface area contributed by atoms with E-state index in [0.717, 1.165) is 44.0 Å². The van der Waals surface area contributed by atoms with Crippen LogP contribution in [0, 0.1) is 0 Å². The van der Waals surface area contributed by atoms with Crippen LogP contribution >= 0.6 is 22.6 Å². The number of hydrogen-bond acceptors (Lipinski definition) is 7. The van der Waals surface area contributed by atoms with Crippen molar-refractivity contribution in [2.45, 2.75) is 26.3 Å². The highest BCUT2D eigenvalue weighted by molar-refractivity contribution is 14.1. The molecule has 1 aliphatic heterocycles. The number of hydrogen-bond donors (Lipinski definition) is 3. The number of amides is 1. The number of halogens is 1. The van der Waals surface area contributed by atoms with Crippen molar-refractivity contribution in [1.29, 1.82) is 0 Å². The second-order valence-electron chi connectivity index (χ2n) is 8.54. The number of alkyl halides is 1. The monoisotopic (exact) mass is 577 g/mol. The Morgan fingerprint density at radius 1 is 1.15 bits per heavy atom. The third kappa shape index (κ3) is 5.21. The summed E-state index contributed by atoms with van der Waals surface area (Å²) >= 11 is 2.05. The Morgan fingerprint density at radius 3 is 2.50 bits per heavy atom. The molecule has 0 saturated carbocycles. The van der Waals surface area contributed by atoms with Crippen molar-refractivity contribution in [2.75, 3.05) is 30.9 Å². The van der Waals surface area contributed by atoms with Gasteiger partial charge in [-0.15, -0.1) is 0 Å². The van der Waals surface area contributed by atoms with Crippen LogP contribution in [0.4, 0.5) is 0 Å². The molecule has 1 aliphatic rings. The molecule has 1 amide bonds. The molecule has 8 nitrogen and oxygen atoms in total. The average molecular weight is 577 g/mol. The van der Waals surface area contributed by atoms with E-state index in [1.165, 1.54) is 6.07 Å². The molecule has 3 N–H and O–H groups in total. The zero-order chi connectivity index (χ0) is 24.2. The maximum absolute atomic E-state index is 12.8. The molecule has 34 heavy (non-hydrogen) atoms. The van der Waals surface area contributed by atoms with Gasteiger partial charge >= 0.3 is 0 Å². The zero-order valence-corrected chi connectivity index (χ0v) is 21.3. The van der Waals surface area contributed by atoms with Crippen LogP contribution in [0.2, 0.25) is 0 Å². The maximum Gasteiger partial charge on any atom is 0.274 e. The molecule has 0 spiro atoms. The number of aromatic nitrogens is 1. The molecule has 9 heteroatoms. The van der Waals surface area contributed by atoms with E-state index in [-0.39, 0.29) is 34.8 Å².